The van der Waals surface area contributed by atoms with Gasteiger partial charge in [-0.15, -0.1) is 0 Å². The van der Waals surface area contributed by atoms with E-state index in [0.717, 1.165) is 38.5 Å². The Hall–Kier alpha value is -1.45. The fourth-order valence-electron chi connectivity index (χ4n) is 2.63. The van der Waals surface area contributed by atoms with E-state index in [2.05, 4.69) is 4.74 Å². The van der Waals surface area contributed by atoms with Crippen LogP contribution in [0.25, 0.3) is 0 Å². The standard InChI is InChI=1S/C15H18F2O2/c16-15(17)19-13-10-6-5-9-12(13)14(18)11-7-3-1-2-4-8-11/h5-6,9-11,15H,1-4,7-8H2. The average Bonchev–Trinajstić information content (AvgIpc) is 2.67. The predicted molar refractivity (Wildman–Crippen MR) is 68.6 cm³/mol. The summed E-state index contributed by atoms with van der Waals surface area (Å²) < 4.78 is 29.1. The molecule has 1 aliphatic carbocycles. The first-order valence-corrected chi connectivity index (χ1v) is 6.76. The summed E-state index contributed by atoms with van der Waals surface area (Å²) in [5.41, 5.74) is 0.287. The van der Waals surface area contributed by atoms with Gasteiger partial charge in [0.25, 0.3) is 0 Å². The van der Waals surface area contributed by atoms with Gasteiger partial charge in [0.2, 0.25) is 0 Å². The van der Waals surface area contributed by atoms with Crippen molar-refractivity contribution < 1.29 is 18.3 Å². The topological polar surface area (TPSA) is 26.3 Å². The van der Waals surface area contributed by atoms with Crippen LogP contribution in [0.1, 0.15) is 48.9 Å². The number of Topliss-reactive ketones (excluding diaryl/α,β-unsaturated/α-hetero) is 1. The predicted octanol–water partition coefficient (Wildman–Crippen LogP) is 4.44. The van der Waals surface area contributed by atoms with Gasteiger partial charge in [-0.05, 0) is 25.0 Å². The Labute approximate surface area is 111 Å². The summed E-state index contributed by atoms with van der Waals surface area (Å²) in [6.07, 6.45) is 6.07. The molecule has 0 amide bonds. The highest BCUT2D eigenvalue weighted by Gasteiger charge is 2.24. The quantitative estimate of drug-likeness (QED) is 0.596. The van der Waals surface area contributed by atoms with Gasteiger partial charge in [0.15, 0.2) is 5.78 Å². The Morgan fingerprint density at radius 1 is 1.11 bits per heavy atom. The highest BCUT2D eigenvalue weighted by Crippen LogP contribution is 2.30. The molecule has 1 aliphatic rings. The van der Waals surface area contributed by atoms with Crippen LogP contribution < -0.4 is 4.74 Å². The van der Waals surface area contributed by atoms with E-state index < -0.39 is 6.61 Å². The largest absolute Gasteiger partial charge is 0.434 e. The molecular weight excluding hydrogens is 250 g/mol. The zero-order valence-electron chi connectivity index (χ0n) is 10.8. The molecule has 0 N–H and O–H groups in total. The third-order valence-electron chi connectivity index (χ3n) is 3.59. The van der Waals surface area contributed by atoms with Crippen molar-refractivity contribution in [2.75, 3.05) is 0 Å². The normalized spacial score (nSPS) is 17.2. The Kier molecular flexibility index (Phi) is 4.88. The summed E-state index contributed by atoms with van der Waals surface area (Å²) >= 11 is 0. The lowest BCUT2D eigenvalue weighted by Gasteiger charge is -2.15. The highest BCUT2D eigenvalue weighted by atomic mass is 19.3. The second-order valence-electron chi connectivity index (χ2n) is 4.93. The van der Waals surface area contributed by atoms with Crippen LogP contribution in [0, 0.1) is 5.92 Å². The number of carbonyl (C=O) groups is 1. The second kappa shape index (κ2) is 6.64. The van der Waals surface area contributed by atoms with E-state index in [1.807, 2.05) is 0 Å². The Bertz CT molecular complexity index is 424. The number of benzene rings is 1. The average molecular weight is 268 g/mol. The first-order chi connectivity index (χ1) is 9.18. The maximum absolute atomic E-state index is 12.4. The van der Waals surface area contributed by atoms with E-state index >= 15 is 0 Å². The third kappa shape index (κ3) is 3.75. The van der Waals surface area contributed by atoms with E-state index in [1.165, 1.54) is 6.07 Å². The summed E-state index contributed by atoms with van der Waals surface area (Å²) in [6.45, 7) is -2.90. The minimum Gasteiger partial charge on any atom is -0.434 e. The molecule has 0 radical (unpaired) electrons. The van der Waals surface area contributed by atoms with Gasteiger partial charge in [-0.3, -0.25) is 4.79 Å². The maximum Gasteiger partial charge on any atom is 0.387 e. The minimum atomic E-state index is -2.90. The number of hydrogen-bond donors (Lipinski definition) is 0. The molecule has 0 aromatic heterocycles. The molecule has 0 heterocycles. The molecule has 1 fully saturated rings. The van der Waals surface area contributed by atoms with Gasteiger partial charge >= 0.3 is 6.61 Å². The van der Waals surface area contributed by atoms with Crippen LogP contribution in [0.5, 0.6) is 5.75 Å². The van der Waals surface area contributed by atoms with E-state index in [4.69, 9.17) is 0 Å². The van der Waals surface area contributed by atoms with Crippen molar-refractivity contribution in [2.24, 2.45) is 5.92 Å². The zero-order valence-corrected chi connectivity index (χ0v) is 10.8. The third-order valence-corrected chi connectivity index (χ3v) is 3.59. The molecule has 2 nitrogen and oxygen atoms in total. The van der Waals surface area contributed by atoms with Crippen LogP contribution in [-0.4, -0.2) is 12.4 Å². The summed E-state index contributed by atoms with van der Waals surface area (Å²) in [4.78, 5) is 12.4. The molecule has 1 aromatic carbocycles. The molecule has 0 atom stereocenters. The number of hydrogen-bond acceptors (Lipinski definition) is 2. The minimum absolute atomic E-state index is 0.00764. The van der Waals surface area contributed by atoms with Crippen molar-refractivity contribution >= 4 is 5.78 Å². The molecule has 1 aromatic rings. The monoisotopic (exact) mass is 268 g/mol. The summed E-state index contributed by atoms with van der Waals surface area (Å²) in [5, 5.41) is 0. The fraction of sp³-hybridized carbons (Fsp3) is 0.533. The van der Waals surface area contributed by atoms with Crippen molar-refractivity contribution in [3.63, 3.8) is 0 Å². The molecule has 2 rings (SSSR count). The van der Waals surface area contributed by atoms with Crippen LogP contribution in [0.2, 0.25) is 0 Å². The van der Waals surface area contributed by atoms with Crippen molar-refractivity contribution in [1.82, 2.24) is 0 Å². The number of ketones is 1. The van der Waals surface area contributed by atoms with Crippen molar-refractivity contribution in [3.05, 3.63) is 29.8 Å². The maximum atomic E-state index is 12.4. The first-order valence-electron chi connectivity index (χ1n) is 6.76. The number of alkyl halides is 2. The van der Waals surface area contributed by atoms with Crippen LogP contribution in [-0.2, 0) is 0 Å². The molecule has 0 unspecified atom stereocenters. The zero-order chi connectivity index (χ0) is 13.7. The lowest BCUT2D eigenvalue weighted by atomic mass is 9.90. The number of ether oxygens (including phenoxy) is 1. The van der Waals surface area contributed by atoms with E-state index in [9.17, 15) is 13.6 Å². The summed E-state index contributed by atoms with van der Waals surface area (Å²) in [7, 11) is 0. The van der Waals surface area contributed by atoms with Gasteiger partial charge in [0.05, 0.1) is 5.56 Å². The lowest BCUT2D eigenvalue weighted by Crippen LogP contribution is -2.16. The van der Waals surface area contributed by atoms with Gasteiger partial charge in [-0.1, -0.05) is 37.8 Å². The van der Waals surface area contributed by atoms with Crippen LogP contribution in [0.15, 0.2) is 24.3 Å². The molecule has 0 saturated heterocycles. The molecule has 4 heteroatoms. The Balaban J connectivity index is 2.17. The molecule has 1 saturated carbocycles. The van der Waals surface area contributed by atoms with Gasteiger partial charge < -0.3 is 4.74 Å². The summed E-state index contributed by atoms with van der Waals surface area (Å²) in [6, 6.07) is 6.28. The Morgan fingerprint density at radius 3 is 2.37 bits per heavy atom. The van der Waals surface area contributed by atoms with E-state index in [0.29, 0.717) is 0 Å². The van der Waals surface area contributed by atoms with Gasteiger partial charge in [0.1, 0.15) is 5.75 Å². The van der Waals surface area contributed by atoms with Crippen molar-refractivity contribution in [3.8, 4) is 5.75 Å². The highest BCUT2D eigenvalue weighted by molar-refractivity contribution is 6.00. The molecule has 19 heavy (non-hydrogen) atoms. The number of carbonyl (C=O) groups excluding carboxylic acids is 1. The fourth-order valence-corrected chi connectivity index (χ4v) is 2.63. The number of rotatable bonds is 4. The van der Waals surface area contributed by atoms with Crippen molar-refractivity contribution in [1.29, 1.82) is 0 Å². The SMILES string of the molecule is O=C(c1ccccc1OC(F)F)C1CCCCCC1. The molecule has 0 spiro atoms. The molecular formula is C15H18F2O2. The summed E-state index contributed by atoms with van der Waals surface area (Å²) in [5.74, 6) is -0.116. The number of para-hydroxylation sites is 1. The molecule has 104 valence electrons. The van der Waals surface area contributed by atoms with Gasteiger partial charge in [0, 0.05) is 5.92 Å². The first kappa shape index (κ1) is 14.0. The van der Waals surface area contributed by atoms with Crippen LogP contribution in [0.3, 0.4) is 0 Å². The lowest BCUT2D eigenvalue weighted by molar-refractivity contribution is -0.0501. The molecule has 0 aliphatic heterocycles. The van der Waals surface area contributed by atoms with Crippen LogP contribution in [0.4, 0.5) is 8.78 Å². The Morgan fingerprint density at radius 2 is 1.74 bits per heavy atom. The van der Waals surface area contributed by atoms with Gasteiger partial charge in [-0.25, -0.2) is 0 Å². The van der Waals surface area contributed by atoms with Crippen molar-refractivity contribution in [2.45, 2.75) is 45.1 Å². The van der Waals surface area contributed by atoms with Crippen LogP contribution >= 0.6 is 0 Å². The van der Waals surface area contributed by atoms with Gasteiger partial charge in [-0.2, -0.15) is 8.78 Å². The second-order valence-corrected chi connectivity index (χ2v) is 4.93. The van der Waals surface area contributed by atoms with E-state index in [1.54, 1.807) is 18.2 Å². The smallest absolute Gasteiger partial charge is 0.387 e. The van der Waals surface area contributed by atoms with E-state index in [-0.39, 0.29) is 23.0 Å². The number of halogens is 2. The molecule has 0 bridgehead atoms.